The first kappa shape index (κ1) is 25.5. The van der Waals surface area contributed by atoms with Gasteiger partial charge in [-0.2, -0.15) is 0 Å². The molecule has 1 saturated carbocycles. The number of nitrogens with zero attached hydrogens (tertiary/aromatic N) is 1. The first-order chi connectivity index (χ1) is 16.5. The van der Waals surface area contributed by atoms with Gasteiger partial charge in [0, 0.05) is 19.0 Å². The van der Waals surface area contributed by atoms with Gasteiger partial charge in [-0.3, -0.25) is 9.59 Å². The van der Waals surface area contributed by atoms with Gasteiger partial charge in [-0.25, -0.2) is 4.39 Å². The molecule has 2 aromatic rings. The molecule has 0 spiro atoms. The van der Waals surface area contributed by atoms with E-state index in [-0.39, 0.29) is 36.6 Å². The van der Waals surface area contributed by atoms with Gasteiger partial charge in [0.15, 0.2) is 0 Å². The third-order valence-corrected chi connectivity index (χ3v) is 6.25. The summed E-state index contributed by atoms with van der Waals surface area (Å²) in [5.41, 5.74) is 0.779. The maximum Gasteiger partial charge on any atom is 0.242 e. The Morgan fingerprint density at radius 1 is 1.03 bits per heavy atom. The van der Waals surface area contributed by atoms with Crippen molar-refractivity contribution in [2.24, 2.45) is 0 Å². The molecule has 1 atom stereocenters. The fourth-order valence-corrected chi connectivity index (χ4v) is 4.17. The molecule has 3 rings (SSSR count). The van der Waals surface area contributed by atoms with Crippen LogP contribution in [0.2, 0.25) is 0 Å². The van der Waals surface area contributed by atoms with Crippen molar-refractivity contribution in [2.75, 3.05) is 13.7 Å². The van der Waals surface area contributed by atoms with E-state index in [1.165, 1.54) is 18.6 Å². The van der Waals surface area contributed by atoms with Gasteiger partial charge in [-0.1, -0.05) is 31.4 Å². The molecule has 2 amide bonds. The molecule has 6 nitrogen and oxygen atoms in total. The third-order valence-electron chi connectivity index (χ3n) is 6.25. The summed E-state index contributed by atoms with van der Waals surface area (Å²) in [4.78, 5) is 27.7. The lowest BCUT2D eigenvalue weighted by atomic mass is 9.95. The molecule has 7 heteroatoms. The number of nitrogens with one attached hydrogen (secondary N) is 1. The second-order valence-electron chi connectivity index (χ2n) is 8.80. The van der Waals surface area contributed by atoms with Crippen molar-refractivity contribution in [1.29, 1.82) is 0 Å². The Morgan fingerprint density at radius 3 is 2.32 bits per heavy atom. The van der Waals surface area contributed by atoms with Crippen LogP contribution in [-0.4, -0.2) is 42.5 Å². The van der Waals surface area contributed by atoms with Crippen LogP contribution in [0.25, 0.3) is 0 Å². The van der Waals surface area contributed by atoms with Crippen molar-refractivity contribution in [3.8, 4) is 11.5 Å². The minimum atomic E-state index is -0.623. The lowest BCUT2D eigenvalue weighted by Crippen LogP contribution is -2.50. The Bertz CT molecular complexity index is 911. The first-order valence-electron chi connectivity index (χ1n) is 12.1. The normalized spacial score (nSPS) is 14.8. The summed E-state index contributed by atoms with van der Waals surface area (Å²) in [6.07, 6.45) is 6.16. The largest absolute Gasteiger partial charge is 0.497 e. The van der Waals surface area contributed by atoms with Crippen molar-refractivity contribution in [2.45, 2.75) is 70.5 Å². The van der Waals surface area contributed by atoms with E-state index in [9.17, 15) is 14.0 Å². The highest BCUT2D eigenvalue weighted by Gasteiger charge is 2.27. The lowest BCUT2D eigenvalue weighted by Gasteiger charge is -2.31. The fraction of sp³-hybridized carbons (Fsp3) is 0.481. The predicted octanol–water partition coefficient (Wildman–Crippen LogP) is 4.86. The Labute approximate surface area is 201 Å². The van der Waals surface area contributed by atoms with Crippen molar-refractivity contribution in [1.82, 2.24) is 10.2 Å². The number of amides is 2. The van der Waals surface area contributed by atoms with Gasteiger partial charge in [-0.15, -0.1) is 0 Å². The molecule has 0 radical (unpaired) electrons. The van der Waals surface area contributed by atoms with E-state index in [0.717, 1.165) is 37.0 Å². The van der Waals surface area contributed by atoms with Gasteiger partial charge in [0.25, 0.3) is 0 Å². The minimum absolute atomic E-state index is 0.131. The van der Waals surface area contributed by atoms with E-state index in [4.69, 9.17) is 9.47 Å². The number of rotatable bonds is 11. The standard InChI is InChI=1S/C27H35FN2O4/c1-20(27(32)29-23-7-4-3-5-8-23)30(19-21-10-12-22(28)13-11-21)26(31)9-6-18-34-25-16-14-24(33-2)15-17-25/h10-17,20,23H,3-9,18-19H2,1-2H3,(H,29,32)/t20-/m1/s1. The number of halogens is 1. The van der Waals surface area contributed by atoms with Crippen LogP contribution in [0.4, 0.5) is 4.39 Å². The number of carbonyl (C=O) groups excluding carboxylic acids is 2. The Balaban J connectivity index is 1.58. The molecule has 1 N–H and O–H groups in total. The van der Waals surface area contributed by atoms with Crippen molar-refractivity contribution >= 4 is 11.8 Å². The average Bonchev–Trinajstić information content (AvgIpc) is 2.86. The zero-order chi connectivity index (χ0) is 24.3. The average molecular weight is 471 g/mol. The highest BCUT2D eigenvalue weighted by Crippen LogP contribution is 2.20. The van der Waals surface area contributed by atoms with Crippen LogP contribution in [0.3, 0.4) is 0 Å². The number of hydrogen-bond acceptors (Lipinski definition) is 4. The SMILES string of the molecule is COc1ccc(OCCCC(=O)N(Cc2ccc(F)cc2)[C@H](C)C(=O)NC2CCCCC2)cc1. The van der Waals surface area contributed by atoms with E-state index in [1.807, 2.05) is 24.3 Å². The van der Waals surface area contributed by atoms with Gasteiger partial charge >= 0.3 is 0 Å². The second kappa shape index (κ2) is 13.0. The molecular formula is C27H35FN2O4. The zero-order valence-corrected chi connectivity index (χ0v) is 20.1. The van der Waals surface area contributed by atoms with E-state index < -0.39 is 6.04 Å². The number of ether oxygens (including phenoxy) is 2. The van der Waals surface area contributed by atoms with Gasteiger partial charge in [0.05, 0.1) is 13.7 Å². The van der Waals surface area contributed by atoms with Crippen molar-refractivity contribution in [3.63, 3.8) is 0 Å². The molecular weight excluding hydrogens is 435 g/mol. The van der Waals surface area contributed by atoms with Crippen LogP contribution in [0.1, 0.15) is 57.4 Å². The van der Waals surface area contributed by atoms with Gasteiger partial charge in [0.2, 0.25) is 11.8 Å². The molecule has 2 aromatic carbocycles. The van der Waals surface area contributed by atoms with Gasteiger partial charge in [-0.05, 0) is 68.1 Å². The zero-order valence-electron chi connectivity index (χ0n) is 20.1. The predicted molar refractivity (Wildman–Crippen MR) is 129 cm³/mol. The van der Waals surface area contributed by atoms with E-state index in [0.29, 0.717) is 18.8 Å². The molecule has 0 unspecified atom stereocenters. The van der Waals surface area contributed by atoms with E-state index in [1.54, 1.807) is 31.1 Å². The quantitative estimate of drug-likeness (QED) is 0.476. The van der Waals surface area contributed by atoms with E-state index >= 15 is 0 Å². The maximum atomic E-state index is 13.4. The van der Waals surface area contributed by atoms with Crippen LogP contribution in [0.15, 0.2) is 48.5 Å². The summed E-state index contributed by atoms with van der Waals surface area (Å²) in [6.45, 7) is 2.39. The molecule has 1 fully saturated rings. The van der Waals surface area contributed by atoms with Crippen LogP contribution < -0.4 is 14.8 Å². The summed E-state index contributed by atoms with van der Waals surface area (Å²) >= 11 is 0. The monoisotopic (exact) mass is 470 g/mol. The van der Waals surface area contributed by atoms with Gasteiger partial charge < -0.3 is 19.7 Å². The summed E-state index contributed by atoms with van der Waals surface area (Å²) in [7, 11) is 1.61. The maximum absolute atomic E-state index is 13.4. The molecule has 0 aliphatic heterocycles. The Kier molecular flexibility index (Phi) is 9.74. The second-order valence-corrected chi connectivity index (χ2v) is 8.80. The van der Waals surface area contributed by atoms with E-state index in [2.05, 4.69) is 5.32 Å². The Hall–Kier alpha value is -3.09. The highest BCUT2D eigenvalue weighted by atomic mass is 19.1. The van der Waals surface area contributed by atoms with Crippen LogP contribution in [-0.2, 0) is 16.1 Å². The lowest BCUT2D eigenvalue weighted by molar-refractivity contribution is -0.141. The van der Waals surface area contributed by atoms with Crippen LogP contribution >= 0.6 is 0 Å². The first-order valence-corrected chi connectivity index (χ1v) is 12.1. The van der Waals surface area contributed by atoms with Crippen molar-refractivity contribution in [3.05, 3.63) is 59.9 Å². The molecule has 1 aliphatic carbocycles. The Morgan fingerprint density at radius 2 is 1.68 bits per heavy atom. The van der Waals surface area contributed by atoms with Gasteiger partial charge in [0.1, 0.15) is 23.4 Å². The molecule has 0 heterocycles. The number of carbonyl (C=O) groups is 2. The number of benzene rings is 2. The summed E-state index contributed by atoms with van der Waals surface area (Å²) in [5.74, 6) is 0.849. The summed E-state index contributed by atoms with van der Waals surface area (Å²) in [6, 6.07) is 12.8. The molecule has 0 saturated heterocycles. The number of methoxy groups -OCH3 is 1. The smallest absolute Gasteiger partial charge is 0.242 e. The van der Waals surface area contributed by atoms with Crippen molar-refractivity contribution < 1.29 is 23.5 Å². The summed E-state index contributed by atoms with van der Waals surface area (Å²) < 4.78 is 24.2. The summed E-state index contributed by atoms with van der Waals surface area (Å²) in [5, 5.41) is 3.12. The molecule has 0 bridgehead atoms. The molecule has 184 valence electrons. The topological polar surface area (TPSA) is 67.9 Å². The molecule has 1 aliphatic rings. The van der Waals surface area contributed by atoms with Crippen LogP contribution in [0.5, 0.6) is 11.5 Å². The highest BCUT2D eigenvalue weighted by molar-refractivity contribution is 5.87. The van der Waals surface area contributed by atoms with Crippen LogP contribution in [0, 0.1) is 5.82 Å². The fourth-order valence-electron chi connectivity index (χ4n) is 4.17. The molecule has 0 aromatic heterocycles. The number of hydrogen-bond donors (Lipinski definition) is 1. The molecule has 34 heavy (non-hydrogen) atoms. The third kappa shape index (κ3) is 7.75. The minimum Gasteiger partial charge on any atom is -0.497 e.